The van der Waals surface area contributed by atoms with Crippen molar-refractivity contribution < 1.29 is 22.7 Å². The maximum absolute atomic E-state index is 13.1. The number of hydrogen-bond acceptors (Lipinski definition) is 6. The van der Waals surface area contributed by atoms with Gasteiger partial charge in [-0.2, -0.15) is 0 Å². The molecule has 0 radical (unpaired) electrons. The van der Waals surface area contributed by atoms with Crippen LogP contribution >= 0.6 is 0 Å². The third kappa shape index (κ3) is 5.09. The molecule has 8 nitrogen and oxygen atoms in total. The van der Waals surface area contributed by atoms with Crippen molar-refractivity contribution in [1.82, 2.24) is 4.98 Å². The smallest absolute Gasteiger partial charge is 0.408 e. The van der Waals surface area contributed by atoms with Gasteiger partial charge >= 0.3 is 6.09 Å². The van der Waals surface area contributed by atoms with Gasteiger partial charge in [0.2, 0.25) is 5.91 Å². The number of carbonyl (C=O) groups excluding carboxylic acids is 2. The van der Waals surface area contributed by atoms with E-state index in [1.807, 2.05) is 37.3 Å². The maximum atomic E-state index is 13.1. The molecule has 1 aliphatic heterocycles. The summed E-state index contributed by atoms with van der Waals surface area (Å²) in [5.74, 6) is 0.178. The van der Waals surface area contributed by atoms with Crippen LogP contribution in [0.2, 0.25) is 0 Å². The second-order valence-electron chi connectivity index (χ2n) is 8.38. The number of sulfone groups is 1. The highest BCUT2D eigenvalue weighted by molar-refractivity contribution is 7.89. The number of carbonyl (C=O) groups is 2. The molecule has 0 N–H and O–H groups in total. The van der Waals surface area contributed by atoms with Gasteiger partial charge in [0.1, 0.15) is 0 Å². The SMILES string of the molecule is CC(=O)N1c2ccc(-c3ccc(CS(C)(=O)=O)cc3)cc2N(C(=O)Oc2cccnc2)C[C@@H]1C. The van der Waals surface area contributed by atoms with E-state index in [9.17, 15) is 18.0 Å². The van der Waals surface area contributed by atoms with Crippen LogP contribution in [0.3, 0.4) is 0 Å². The fourth-order valence-electron chi connectivity index (χ4n) is 4.12. The topological polar surface area (TPSA) is 96.9 Å². The van der Waals surface area contributed by atoms with E-state index in [-0.39, 0.29) is 24.2 Å². The summed E-state index contributed by atoms with van der Waals surface area (Å²) in [5, 5.41) is 0. The molecular weight excluding hydrogens is 454 g/mol. The van der Waals surface area contributed by atoms with Gasteiger partial charge < -0.3 is 9.64 Å². The van der Waals surface area contributed by atoms with Gasteiger partial charge in [0.25, 0.3) is 0 Å². The first-order valence-corrected chi connectivity index (χ1v) is 12.8. The minimum atomic E-state index is -3.13. The lowest BCUT2D eigenvalue weighted by molar-refractivity contribution is -0.117. The van der Waals surface area contributed by atoms with E-state index in [1.165, 1.54) is 24.3 Å². The number of rotatable bonds is 4. The summed E-state index contributed by atoms with van der Waals surface area (Å²) >= 11 is 0. The number of amides is 2. The molecule has 3 aromatic rings. The maximum Gasteiger partial charge on any atom is 0.419 e. The van der Waals surface area contributed by atoms with E-state index >= 15 is 0 Å². The highest BCUT2D eigenvalue weighted by Crippen LogP contribution is 2.39. The van der Waals surface area contributed by atoms with E-state index in [2.05, 4.69) is 4.98 Å². The summed E-state index contributed by atoms with van der Waals surface area (Å²) in [4.78, 5) is 32.6. The highest BCUT2D eigenvalue weighted by Gasteiger charge is 2.34. The van der Waals surface area contributed by atoms with Gasteiger partial charge in [-0.05, 0) is 47.9 Å². The Morgan fingerprint density at radius 2 is 1.76 bits per heavy atom. The lowest BCUT2D eigenvalue weighted by Gasteiger charge is -2.40. The molecule has 0 unspecified atom stereocenters. The van der Waals surface area contributed by atoms with Crippen molar-refractivity contribution in [2.75, 3.05) is 22.6 Å². The van der Waals surface area contributed by atoms with Gasteiger partial charge in [-0.3, -0.25) is 14.7 Å². The Kier molecular flexibility index (Phi) is 6.39. The van der Waals surface area contributed by atoms with Crippen molar-refractivity contribution in [1.29, 1.82) is 0 Å². The molecule has 2 heterocycles. The van der Waals surface area contributed by atoms with Crippen molar-refractivity contribution in [2.24, 2.45) is 0 Å². The van der Waals surface area contributed by atoms with E-state index < -0.39 is 15.9 Å². The fourth-order valence-corrected chi connectivity index (χ4v) is 4.91. The lowest BCUT2D eigenvalue weighted by Crippen LogP contribution is -2.52. The number of fused-ring (bicyclic) bond motifs is 1. The summed E-state index contributed by atoms with van der Waals surface area (Å²) in [6.45, 7) is 3.64. The monoisotopic (exact) mass is 479 g/mol. The molecule has 4 rings (SSSR count). The number of hydrogen-bond donors (Lipinski definition) is 0. The van der Waals surface area contributed by atoms with E-state index in [0.29, 0.717) is 22.7 Å². The standard InChI is InChI=1S/C25H25N3O5S/c1-17-15-27(25(30)33-22-5-4-12-26-14-22)24-13-21(10-11-23(24)28(17)18(2)29)20-8-6-19(7-9-20)16-34(3,31)32/h4-14,17H,15-16H2,1-3H3/t17-/m0/s1. The zero-order chi connectivity index (χ0) is 24.5. The molecule has 0 bridgehead atoms. The zero-order valence-corrected chi connectivity index (χ0v) is 20.0. The Morgan fingerprint density at radius 3 is 2.38 bits per heavy atom. The van der Waals surface area contributed by atoms with Crippen LogP contribution in [-0.2, 0) is 20.4 Å². The normalized spacial score (nSPS) is 15.6. The number of ether oxygens (including phenoxy) is 1. The molecule has 9 heteroatoms. The van der Waals surface area contributed by atoms with Gasteiger partial charge in [0.15, 0.2) is 15.6 Å². The molecule has 2 aromatic carbocycles. The van der Waals surface area contributed by atoms with Crippen molar-refractivity contribution in [3.63, 3.8) is 0 Å². The zero-order valence-electron chi connectivity index (χ0n) is 19.1. The van der Waals surface area contributed by atoms with Gasteiger partial charge in [-0.25, -0.2) is 13.2 Å². The number of benzene rings is 2. The molecule has 2 amide bonds. The van der Waals surface area contributed by atoms with Gasteiger partial charge in [-0.1, -0.05) is 30.3 Å². The second kappa shape index (κ2) is 9.26. The molecule has 0 fully saturated rings. The first kappa shape index (κ1) is 23.4. The Labute approximate surface area is 198 Å². The van der Waals surface area contributed by atoms with Crippen LogP contribution in [0.5, 0.6) is 5.75 Å². The number of pyridine rings is 1. The number of anilines is 2. The third-order valence-electron chi connectivity index (χ3n) is 5.53. The van der Waals surface area contributed by atoms with Crippen LogP contribution in [0.4, 0.5) is 16.2 Å². The van der Waals surface area contributed by atoms with Crippen LogP contribution in [0.25, 0.3) is 11.1 Å². The van der Waals surface area contributed by atoms with Crippen LogP contribution in [0.15, 0.2) is 67.0 Å². The lowest BCUT2D eigenvalue weighted by atomic mass is 10.00. The highest BCUT2D eigenvalue weighted by atomic mass is 32.2. The average Bonchev–Trinajstić information content (AvgIpc) is 2.78. The van der Waals surface area contributed by atoms with Crippen molar-refractivity contribution >= 4 is 33.2 Å². The summed E-state index contributed by atoms with van der Waals surface area (Å²) in [6.07, 6.45) is 3.69. The van der Waals surface area contributed by atoms with Crippen molar-refractivity contribution in [3.05, 3.63) is 72.6 Å². The largest absolute Gasteiger partial charge is 0.419 e. The molecule has 0 saturated heterocycles. The minimum Gasteiger partial charge on any atom is -0.408 e. The van der Waals surface area contributed by atoms with Crippen LogP contribution in [-0.4, -0.2) is 44.2 Å². The predicted octanol–water partition coefficient (Wildman–Crippen LogP) is 4.05. The van der Waals surface area contributed by atoms with Crippen LogP contribution in [0.1, 0.15) is 19.4 Å². The Bertz CT molecular complexity index is 1320. The molecule has 0 spiro atoms. The first-order chi connectivity index (χ1) is 16.1. The molecule has 34 heavy (non-hydrogen) atoms. The third-order valence-corrected chi connectivity index (χ3v) is 6.39. The van der Waals surface area contributed by atoms with Crippen LogP contribution in [0, 0.1) is 0 Å². The Morgan fingerprint density at radius 1 is 1.06 bits per heavy atom. The summed E-state index contributed by atoms with van der Waals surface area (Å²) in [5.41, 5.74) is 3.55. The minimum absolute atomic E-state index is 0.0309. The van der Waals surface area contributed by atoms with E-state index in [1.54, 1.807) is 35.4 Å². The molecule has 1 aliphatic rings. The molecule has 0 aliphatic carbocycles. The van der Waals surface area contributed by atoms with Crippen molar-refractivity contribution in [3.8, 4) is 16.9 Å². The Hall–Kier alpha value is -3.72. The quantitative estimate of drug-likeness (QED) is 0.560. The summed E-state index contributed by atoms with van der Waals surface area (Å²) in [7, 11) is -3.13. The van der Waals surface area contributed by atoms with Gasteiger partial charge in [-0.15, -0.1) is 0 Å². The fraction of sp³-hybridized carbons (Fsp3) is 0.240. The van der Waals surface area contributed by atoms with Gasteiger partial charge in [0, 0.05) is 25.9 Å². The molecule has 1 atom stereocenters. The molecule has 176 valence electrons. The Balaban J connectivity index is 1.71. The van der Waals surface area contributed by atoms with Gasteiger partial charge in [0.05, 0.1) is 29.4 Å². The predicted molar refractivity (Wildman–Crippen MR) is 131 cm³/mol. The molecular formula is C25H25N3O5S. The summed E-state index contributed by atoms with van der Waals surface area (Å²) in [6, 6.07) is 15.8. The first-order valence-electron chi connectivity index (χ1n) is 10.7. The van der Waals surface area contributed by atoms with E-state index in [0.717, 1.165) is 11.1 Å². The molecule has 0 saturated carbocycles. The van der Waals surface area contributed by atoms with Crippen LogP contribution < -0.4 is 14.5 Å². The average molecular weight is 480 g/mol. The van der Waals surface area contributed by atoms with Crippen molar-refractivity contribution in [2.45, 2.75) is 25.6 Å². The van der Waals surface area contributed by atoms with E-state index in [4.69, 9.17) is 4.74 Å². The number of nitrogens with zero attached hydrogens (tertiary/aromatic N) is 3. The summed E-state index contributed by atoms with van der Waals surface area (Å²) < 4.78 is 28.7. The molecule has 1 aromatic heterocycles. The number of aromatic nitrogens is 1. The second-order valence-corrected chi connectivity index (χ2v) is 10.5.